The van der Waals surface area contributed by atoms with Crippen molar-refractivity contribution >= 4 is 23.3 Å². The van der Waals surface area contributed by atoms with E-state index in [4.69, 9.17) is 11.6 Å². The van der Waals surface area contributed by atoms with Gasteiger partial charge in [0.2, 0.25) is 5.91 Å². The standard InChI is InChI=1S/C18H20ClN3O2/c19-14-6-4-13(5-7-14)16(23)11-18(24)21-15-8-10-22(12-15)17-3-1-2-9-20-17/h1-7,9,15-16,23H,8,10-12H2,(H,21,24). The summed E-state index contributed by atoms with van der Waals surface area (Å²) < 4.78 is 0. The van der Waals surface area contributed by atoms with Crippen LogP contribution in [0, 0.1) is 0 Å². The Balaban J connectivity index is 1.49. The van der Waals surface area contributed by atoms with Crippen molar-refractivity contribution in [3.05, 3.63) is 59.2 Å². The minimum absolute atomic E-state index is 0.0434. The first-order chi connectivity index (χ1) is 11.6. The summed E-state index contributed by atoms with van der Waals surface area (Å²) in [6.45, 7) is 1.60. The number of aromatic nitrogens is 1. The molecule has 0 bridgehead atoms. The molecule has 2 aromatic rings. The molecule has 0 radical (unpaired) electrons. The van der Waals surface area contributed by atoms with Crippen LogP contribution in [0.25, 0.3) is 0 Å². The van der Waals surface area contributed by atoms with Crippen molar-refractivity contribution in [1.82, 2.24) is 10.3 Å². The summed E-state index contributed by atoms with van der Waals surface area (Å²) in [5.41, 5.74) is 0.691. The molecule has 1 aliphatic heterocycles. The van der Waals surface area contributed by atoms with Gasteiger partial charge in [-0.3, -0.25) is 4.79 Å². The fourth-order valence-electron chi connectivity index (χ4n) is 2.89. The smallest absolute Gasteiger partial charge is 0.223 e. The van der Waals surface area contributed by atoms with Crippen molar-refractivity contribution < 1.29 is 9.90 Å². The number of nitrogens with one attached hydrogen (secondary N) is 1. The molecule has 1 aromatic carbocycles. The van der Waals surface area contributed by atoms with E-state index in [1.54, 1.807) is 30.5 Å². The lowest BCUT2D eigenvalue weighted by atomic mass is 10.1. The van der Waals surface area contributed by atoms with Gasteiger partial charge in [-0.1, -0.05) is 29.8 Å². The molecule has 24 heavy (non-hydrogen) atoms. The van der Waals surface area contributed by atoms with Gasteiger partial charge in [0.05, 0.1) is 12.5 Å². The highest BCUT2D eigenvalue weighted by molar-refractivity contribution is 6.30. The second-order valence-electron chi connectivity index (χ2n) is 5.96. The summed E-state index contributed by atoms with van der Waals surface area (Å²) in [4.78, 5) is 18.6. The molecule has 126 valence electrons. The maximum Gasteiger partial charge on any atom is 0.223 e. The summed E-state index contributed by atoms with van der Waals surface area (Å²) in [6.07, 6.45) is 1.86. The van der Waals surface area contributed by atoms with Crippen molar-refractivity contribution in [2.45, 2.75) is 25.0 Å². The van der Waals surface area contributed by atoms with E-state index in [-0.39, 0.29) is 18.4 Å². The Bertz CT molecular complexity index is 678. The summed E-state index contributed by atoms with van der Waals surface area (Å²) >= 11 is 5.83. The Morgan fingerprint density at radius 2 is 2.12 bits per heavy atom. The van der Waals surface area contributed by atoms with E-state index in [0.29, 0.717) is 10.6 Å². The molecule has 6 heteroatoms. The lowest BCUT2D eigenvalue weighted by Gasteiger charge is -2.18. The number of anilines is 1. The van der Waals surface area contributed by atoms with Gasteiger partial charge in [0.1, 0.15) is 5.82 Å². The minimum Gasteiger partial charge on any atom is -0.388 e. The Labute approximate surface area is 146 Å². The second kappa shape index (κ2) is 7.64. The monoisotopic (exact) mass is 345 g/mol. The molecule has 2 unspecified atom stereocenters. The third-order valence-corrected chi connectivity index (χ3v) is 4.41. The van der Waals surface area contributed by atoms with Crippen LogP contribution in [0.4, 0.5) is 5.82 Å². The molecular weight excluding hydrogens is 326 g/mol. The van der Waals surface area contributed by atoms with Gasteiger partial charge in [-0.15, -0.1) is 0 Å². The lowest BCUT2D eigenvalue weighted by Crippen LogP contribution is -2.37. The third kappa shape index (κ3) is 4.24. The minimum atomic E-state index is -0.824. The molecule has 0 aliphatic carbocycles. The van der Waals surface area contributed by atoms with E-state index in [0.717, 1.165) is 25.3 Å². The number of pyridine rings is 1. The van der Waals surface area contributed by atoms with Gasteiger partial charge in [0, 0.05) is 30.4 Å². The van der Waals surface area contributed by atoms with Crippen molar-refractivity contribution in [3.63, 3.8) is 0 Å². The normalized spacial score (nSPS) is 18.4. The first-order valence-electron chi connectivity index (χ1n) is 8.00. The van der Waals surface area contributed by atoms with Crippen LogP contribution < -0.4 is 10.2 Å². The molecular formula is C18H20ClN3O2. The lowest BCUT2D eigenvalue weighted by molar-refractivity contribution is -0.123. The number of halogens is 1. The summed E-state index contributed by atoms with van der Waals surface area (Å²) in [6, 6.07) is 12.8. The maximum atomic E-state index is 12.2. The van der Waals surface area contributed by atoms with Crippen molar-refractivity contribution in [2.75, 3.05) is 18.0 Å². The number of nitrogens with zero attached hydrogens (tertiary/aromatic N) is 2. The molecule has 1 amide bonds. The highest BCUT2D eigenvalue weighted by atomic mass is 35.5. The van der Waals surface area contributed by atoms with Gasteiger partial charge in [-0.25, -0.2) is 4.98 Å². The number of carbonyl (C=O) groups is 1. The zero-order valence-electron chi connectivity index (χ0n) is 13.2. The number of aliphatic hydroxyl groups excluding tert-OH is 1. The molecule has 0 spiro atoms. The van der Waals surface area contributed by atoms with E-state index in [1.165, 1.54) is 0 Å². The average Bonchev–Trinajstić information content (AvgIpc) is 3.04. The van der Waals surface area contributed by atoms with Crippen LogP contribution in [-0.2, 0) is 4.79 Å². The number of carbonyl (C=O) groups excluding carboxylic acids is 1. The zero-order chi connectivity index (χ0) is 16.9. The van der Waals surface area contributed by atoms with Crippen LogP contribution in [0.1, 0.15) is 24.5 Å². The van der Waals surface area contributed by atoms with Crippen molar-refractivity contribution in [2.24, 2.45) is 0 Å². The maximum absolute atomic E-state index is 12.2. The third-order valence-electron chi connectivity index (χ3n) is 4.16. The largest absolute Gasteiger partial charge is 0.388 e. The van der Waals surface area contributed by atoms with Gasteiger partial charge >= 0.3 is 0 Å². The van der Waals surface area contributed by atoms with Gasteiger partial charge in [0.15, 0.2) is 0 Å². The molecule has 0 saturated carbocycles. The number of rotatable bonds is 5. The Morgan fingerprint density at radius 3 is 2.83 bits per heavy atom. The van der Waals surface area contributed by atoms with Crippen molar-refractivity contribution in [3.8, 4) is 0 Å². The molecule has 1 aromatic heterocycles. The molecule has 1 saturated heterocycles. The van der Waals surface area contributed by atoms with Crippen LogP contribution in [-0.4, -0.2) is 35.1 Å². The van der Waals surface area contributed by atoms with Gasteiger partial charge in [-0.05, 0) is 36.2 Å². The molecule has 3 rings (SSSR count). The summed E-state index contributed by atoms with van der Waals surface area (Å²) in [7, 11) is 0. The number of amides is 1. The predicted molar refractivity (Wildman–Crippen MR) is 94.0 cm³/mol. The van der Waals surface area contributed by atoms with E-state index in [2.05, 4.69) is 15.2 Å². The van der Waals surface area contributed by atoms with E-state index >= 15 is 0 Å². The van der Waals surface area contributed by atoms with Gasteiger partial charge in [-0.2, -0.15) is 0 Å². The van der Waals surface area contributed by atoms with Crippen LogP contribution in [0.5, 0.6) is 0 Å². The number of hydrogen-bond acceptors (Lipinski definition) is 4. The molecule has 1 aliphatic rings. The first kappa shape index (κ1) is 16.7. The highest BCUT2D eigenvalue weighted by Crippen LogP contribution is 2.20. The first-order valence-corrected chi connectivity index (χ1v) is 8.38. The Hall–Kier alpha value is -2.11. The molecule has 2 heterocycles. The number of benzene rings is 1. The van der Waals surface area contributed by atoms with E-state index < -0.39 is 6.10 Å². The summed E-state index contributed by atoms with van der Waals surface area (Å²) in [5.74, 6) is 0.778. The second-order valence-corrected chi connectivity index (χ2v) is 6.39. The number of aliphatic hydroxyl groups is 1. The van der Waals surface area contributed by atoms with Gasteiger partial charge < -0.3 is 15.3 Å². The molecule has 5 nitrogen and oxygen atoms in total. The van der Waals surface area contributed by atoms with Gasteiger partial charge in [0.25, 0.3) is 0 Å². The van der Waals surface area contributed by atoms with Crippen LogP contribution in [0.2, 0.25) is 5.02 Å². The van der Waals surface area contributed by atoms with Crippen molar-refractivity contribution in [1.29, 1.82) is 0 Å². The fourth-order valence-corrected chi connectivity index (χ4v) is 3.02. The molecule has 2 N–H and O–H groups in total. The SMILES string of the molecule is O=C(CC(O)c1ccc(Cl)cc1)NC1CCN(c2ccccn2)C1. The predicted octanol–water partition coefficient (Wildman–Crippen LogP) is 2.55. The summed E-state index contributed by atoms with van der Waals surface area (Å²) in [5, 5.41) is 13.8. The average molecular weight is 346 g/mol. The number of hydrogen-bond donors (Lipinski definition) is 2. The van der Waals surface area contributed by atoms with E-state index in [1.807, 2.05) is 18.2 Å². The highest BCUT2D eigenvalue weighted by Gasteiger charge is 2.25. The molecule has 1 fully saturated rings. The van der Waals surface area contributed by atoms with Crippen LogP contribution in [0.3, 0.4) is 0 Å². The topological polar surface area (TPSA) is 65.5 Å². The van der Waals surface area contributed by atoms with Crippen LogP contribution >= 0.6 is 11.6 Å². The quantitative estimate of drug-likeness (QED) is 0.874. The Kier molecular flexibility index (Phi) is 5.33. The van der Waals surface area contributed by atoms with E-state index in [9.17, 15) is 9.90 Å². The zero-order valence-corrected chi connectivity index (χ0v) is 14.0. The fraction of sp³-hybridized carbons (Fsp3) is 0.333. The molecule has 2 atom stereocenters. The van der Waals surface area contributed by atoms with Crippen LogP contribution in [0.15, 0.2) is 48.7 Å². The Morgan fingerprint density at radius 1 is 1.33 bits per heavy atom.